The van der Waals surface area contributed by atoms with E-state index in [-0.39, 0.29) is 12.2 Å². The number of hydrogen-bond acceptors (Lipinski definition) is 5. The molecule has 2 aliphatic heterocycles. The van der Waals surface area contributed by atoms with Gasteiger partial charge in [0.05, 0.1) is 19.3 Å². The molecule has 0 aliphatic carbocycles. The van der Waals surface area contributed by atoms with Gasteiger partial charge in [-0.25, -0.2) is 4.79 Å². The Morgan fingerprint density at radius 1 is 1.21 bits per heavy atom. The molecule has 1 atom stereocenters. The van der Waals surface area contributed by atoms with Crippen LogP contribution in [0.15, 0.2) is 30.3 Å². The Kier molecular flexibility index (Phi) is 6.46. The van der Waals surface area contributed by atoms with Crippen molar-refractivity contribution >= 4 is 6.09 Å². The number of ether oxygens (including phenoxy) is 3. The number of hydrogen-bond donors (Lipinski definition) is 1. The molecule has 1 N–H and O–H groups in total. The maximum atomic E-state index is 12.2. The number of carbonyl (C=O) groups is 1. The molecule has 0 aromatic heterocycles. The second-order valence-electron chi connectivity index (χ2n) is 6.27. The molecule has 3 rings (SSSR count). The minimum absolute atomic E-state index is 0.0193. The summed E-state index contributed by atoms with van der Waals surface area (Å²) in [4.78, 5) is 14.0. The first-order chi connectivity index (χ1) is 11.8. The van der Waals surface area contributed by atoms with E-state index in [0.29, 0.717) is 32.3 Å². The van der Waals surface area contributed by atoms with Gasteiger partial charge in [0.1, 0.15) is 6.61 Å². The zero-order chi connectivity index (χ0) is 16.6. The zero-order valence-corrected chi connectivity index (χ0v) is 14.0. The molecule has 0 spiro atoms. The number of nitrogens with one attached hydrogen (secondary N) is 1. The molecule has 2 heterocycles. The van der Waals surface area contributed by atoms with Crippen molar-refractivity contribution in [2.45, 2.75) is 31.6 Å². The van der Waals surface area contributed by atoms with E-state index in [0.717, 1.165) is 38.2 Å². The van der Waals surface area contributed by atoms with E-state index in [1.54, 1.807) is 4.90 Å². The Bertz CT molecular complexity index is 505. The first-order valence-electron chi connectivity index (χ1n) is 8.69. The van der Waals surface area contributed by atoms with Gasteiger partial charge in [0.25, 0.3) is 0 Å². The summed E-state index contributed by atoms with van der Waals surface area (Å²) in [5, 5.41) is 3.52. The van der Waals surface area contributed by atoms with E-state index in [2.05, 4.69) is 5.32 Å². The summed E-state index contributed by atoms with van der Waals surface area (Å²) < 4.78 is 16.5. The molecule has 1 aromatic rings. The molecule has 1 aromatic carbocycles. The molecule has 2 saturated heterocycles. The molecule has 2 fully saturated rings. The molecule has 0 saturated carbocycles. The molecule has 6 nitrogen and oxygen atoms in total. The lowest BCUT2D eigenvalue weighted by atomic mass is 10.1. The zero-order valence-electron chi connectivity index (χ0n) is 14.0. The average molecular weight is 334 g/mol. The summed E-state index contributed by atoms with van der Waals surface area (Å²) in [6.07, 6.45) is 1.83. The summed E-state index contributed by atoms with van der Waals surface area (Å²) in [5.41, 5.74) is 0.997. The summed E-state index contributed by atoms with van der Waals surface area (Å²) in [7, 11) is 0. The van der Waals surface area contributed by atoms with Crippen LogP contribution in [0.2, 0.25) is 0 Å². The van der Waals surface area contributed by atoms with Gasteiger partial charge in [0, 0.05) is 32.3 Å². The fourth-order valence-electron chi connectivity index (χ4n) is 3.02. The van der Waals surface area contributed by atoms with Crippen molar-refractivity contribution < 1.29 is 19.0 Å². The smallest absolute Gasteiger partial charge is 0.410 e. The molecule has 0 radical (unpaired) electrons. The third kappa shape index (κ3) is 5.19. The molecule has 1 unspecified atom stereocenters. The van der Waals surface area contributed by atoms with Crippen LogP contribution in [0, 0.1) is 0 Å². The number of benzene rings is 1. The molecular weight excluding hydrogens is 308 g/mol. The third-order valence-corrected chi connectivity index (χ3v) is 4.46. The van der Waals surface area contributed by atoms with Crippen LogP contribution in [0.3, 0.4) is 0 Å². The van der Waals surface area contributed by atoms with Gasteiger partial charge in [-0.1, -0.05) is 30.3 Å². The van der Waals surface area contributed by atoms with Gasteiger partial charge in [-0.3, -0.25) is 0 Å². The number of amides is 1. The van der Waals surface area contributed by atoms with Gasteiger partial charge in [-0.05, 0) is 18.4 Å². The molecule has 6 heteroatoms. The van der Waals surface area contributed by atoms with Gasteiger partial charge in [-0.2, -0.15) is 0 Å². The van der Waals surface area contributed by atoms with Gasteiger partial charge < -0.3 is 24.4 Å². The topological polar surface area (TPSA) is 60.0 Å². The molecule has 0 bridgehead atoms. The lowest BCUT2D eigenvalue weighted by Crippen LogP contribution is -2.50. The van der Waals surface area contributed by atoms with E-state index in [1.165, 1.54) is 0 Å². The van der Waals surface area contributed by atoms with Crippen molar-refractivity contribution in [1.29, 1.82) is 0 Å². The highest BCUT2D eigenvalue weighted by Gasteiger charge is 2.26. The molecule has 24 heavy (non-hydrogen) atoms. The monoisotopic (exact) mass is 334 g/mol. The molecular formula is C18H26N2O4. The van der Waals surface area contributed by atoms with Crippen LogP contribution in [0.5, 0.6) is 0 Å². The van der Waals surface area contributed by atoms with Crippen LogP contribution in [0.25, 0.3) is 0 Å². The van der Waals surface area contributed by atoms with Crippen LogP contribution in [0.1, 0.15) is 18.4 Å². The van der Waals surface area contributed by atoms with Gasteiger partial charge in [0.15, 0.2) is 0 Å². The summed E-state index contributed by atoms with van der Waals surface area (Å²) >= 11 is 0. The normalized spacial score (nSPS) is 22.3. The summed E-state index contributed by atoms with van der Waals surface area (Å²) in [5.74, 6) is 0. The fraction of sp³-hybridized carbons (Fsp3) is 0.611. The minimum Gasteiger partial charge on any atom is -0.445 e. The van der Waals surface area contributed by atoms with Crippen LogP contribution in [0.4, 0.5) is 4.79 Å². The maximum Gasteiger partial charge on any atom is 0.410 e. The highest BCUT2D eigenvalue weighted by molar-refractivity contribution is 5.67. The number of morpholine rings is 1. The predicted octanol–water partition coefficient (Wildman–Crippen LogP) is 1.79. The third-order valence-electron chi connectivity index (χ3n) is 4.46. The Morgan fingerprint density at radius 2 is 2.00 bits per heavy atom. The van der Waals surface area contributed by atoms with Crippen molar-refractivity contribution in [2.75, 3.05) is 39.5 Å². The van der Waals surface area contributed by atoms with Gasteiger partial charge >= 0.3 is 6.09 Å². The van der Waals surface area contributed by atoms with Crippen molar-refractivity contribution in [3.63, 3.8) is 0 Å². The van der Waals surface area contributed by atoms with Crippen LogP contribution < -0.4 is 5.32 Å². The Labute approximate surface area is 143 Å². The number of nitrogens with zero attached hydrogens (tertiary/aromatic N) is 1. The highest BCUT2D eigenvalue weighted by atomic mass is 16.6. The average Bonchev–Trinajstić information content (AvgIpc) is 2.66. The highest BCUT2D eigenvalue weighted by Crippen LogP contribution is 2.10. The number of carbonyl (C=O) groups excluding carboxylic acids is 1. The lowest BCUT2D eigenvalue weighted by Gasteiger charge is -2.33. The van der Waals surface area contributed by atoms with E-state index in [1.807, 2.05) is 30.3 Å². The molecule has 1 amide bonds. The fourth-order valence-corrected chi connectivity index (χ4v) is 3.02. The van der Waals surface area contributed by atoms with E-state index >= 15 is 0 Å². The van der Waals surface area contributed by atoms with Crippen molar-refractivity contribution in [3.8, 4) is 0 Å². The van der Waals surface area contributed by atoms with E-state index in [9.17, 15) is 4.79 Å². The van der Waals surface area contributed by atoms with E-state index in [4.69, 9.17) is 14.2 Å². The first kappa shape index (κ1) is 17.2. The first-order valence-corrected chi connectivity index (χ1v) is 8.69. The Morgan fingerprint density at radius 3 is 2.79 bits per heavy atom. The lowest BCUT2D eigenvalue weighted by molar-refractivity contribution is -0.0297. The second kappa shape index (κ2) is 9.01. The van der Waals surface area contributed by atoms with Crippen molar-refractivity contribution in [2.24, 2.45) is 0 Å². The Balaban J connectivity index is 1.40. The largest absolute Gasteiger partial charge is 0.445 e. The summed E-state index contributed by atoms with van der Waals surface area (Å²) in [6.45, 7) is 4.42. The minimum atomic E-state index is -0.266. The Hall–Kier alpha value is -1.63. The predicted molar refractivity (Wildman–Crippen MR) is 89.8 cm³/mol. The standard InChI is InChI=1S/C18H26N2O4/c21-18(24-14-15-4-2-1-3-5-15)20-8-11-23-17(13-20)12-19-16-6-9-22-10-7-16/h1-5,16-17,19H,6-14H2. The number of rotatable bonds is 5. The molecule has 2 aliphatic rings. The van der Waals surface area contributed by atoms with Crippen LogP contribution in [-0.2, 0) is 20.8 Å². The SMILES string of the molecule is O=C(OCc1ccccc1)N1CCOC(CNC2CCOCC2)C1. The van der Waals surface area contributed by atoms with E-state index < -0.39 is 0 Å². The van der Waals surface area contributed by atoms with Gasteiger partial charge in [-0.15, -0.1) is 0 Å². The van der Waals surface area contributed by atoms with Crippen LogP contribution in [-0.4, -0.2) is 62.6 Å². The summed E-state index contributed by atoms with van der Waals surface area (Å²) in [6, 6.07) is 10.2. The second-order valence-corrected chi connectivity index (χ2v) is 6.27. The quantitative estimate of drug-likeness (QED) is 0.890. The van der Waals surface area contributed by atoms with Crippen molar-refractivity contribution in [1.82, 2.24) is 10.2 Å². The van der Waals surface area contributed by atoms with Crippen molar-refractivity contribution in [3.05, 3.63) is 35.9 Å². The molecule has 132 valence electrons. The van der Waals surface area contributed by atoms with Crippen LogP contribution >= 0.6 is 0 Å². The maximum absolute atomic E-state index is 12.2. The van der Waals surface area contributed by atoms with Gasteiger partial charge in [0.2, 0.25) is 0 Å².